The molecule has 2 rings (SSSR count). The van der Waals surface area contributed by atoms with Crippen LogP contribution in [0.2, 0.25) is 0 Å². The summed E-state index contributed by atoms with van der Waals surface area (Å²) in [7, 11) is 0. The number of nitrogens with one attached hydrogen (secondary N) is 1. The van der Waals surface area contributed by atoms with Crippen molar-refractivity contribution < 1.29 is 9.13 Å². The molecule has 2 aromatic rings. The van der Waals surface area contributed by atoms with E-state index >= 15 is 0 Å². The second kappa shape index (κ2) is 6.24. The molecule has 100 valence electrons. The summed E-state index contributed by atoms with van der Waals surface area (Å²) < 4.78 is 18.5. The normalized spacial score (nSPS) is 10.5. The lowest BCUT2D eigenvalue weighted by Gasteiger charge is -2.07. The number of hydrogen-bond acceptors (Lipinski definition) is 4. The Balaban J connectivity index is 2.06. The molecule has 0 aliphatic carbocycles. The Bertz CT molecular complexity index is 543. The average molecular weight is 261 g/mol. The van der Waals surface area contributed by atoms with Crippen LogP contribution in [0.5, 0.6) is 11.6 Å². The molecule has 0 amide bonds. The van der Waals surface area contributed by atoms with E-state index in [-0.39, 0.29) is 5.82 Å². The predicted molar refractivity (Wildman–Crippen MR) is 70.6 cm³/mol. The third kappa shape index (κ3) is 3.72. The largest absolute Gasteiger partial charge is 0.437 e. The van der Waals surface area contributed by atoms with Crippen molar-refractivity contribution in [2.24, 2.45) is 0 Å². The van der Waals surface area contributed by atoms with Crippen LogP contribution in [-0.4, -0.2) is 16.7 Å². The zero-order valence-electron chi connectivity index (χ0n) is 11.0. The Morgan fingerprint density at radius 3 is 2.68 bits per heavy atom. The van der Waals surface area contributed by atoms with Crippen molar-refractivity contribution in [3.8, 4) is 11.6 Å². The molecule has 5 heteroatoms. The van der Waals surface area contributed by atoms with Crippen LogP contribution in [0, 0.1) is 12.7 Å². The van der Waals surface area contributed by atoms with Gasteiger partial charge in [-0.25, -0.2) is 4.39 Å². The van der Waals surface area contributed by atoms with Crippen LogP contribution in [0.4, 0.5) is 4.39 Å². The van der Waals surface area contributed by atoms with E-state index in [0.29, 0.717) is 18.2 Å². The smallest absolute Gasteiger partial charge is 0.238 e. The van der Waals surface area contributed by atoms with Gasteiger partial charge >= 0.3 is 0 Å². The van der Waals surface area contributed by atoms with Crippen molar-refractivity contribution in [2.75, 3.05) is 6.54 Å². The molecule has 0 atom stereocenters. The summed E-state index contributed by atoms with van der Waals surface area (Å²) in [6.45, 7) is 5.38. The Hall–Kier alpha value is -2.01. The summed E-state index contributed by atoms with van der Waals surface area (Å²) >= 11 is 0. The molecule has 0 radical (unpaired) electrons. The number of benzene rings is 1. The quantitative estimate of drug-likeness (QED) is 0.899. The van der Waals surface area contributed by atoms with Crippen molar-refractivity contribution in [2.45, 2.75) is 20.4 Å². The first-order valence-electron chi connectivity index (χ1n) is 6.16. The van der Waals surface area contributed by atoms with E-state index in [1.165, 1.54) is 12.1 Å². The minimum Gasteiger partial charge on any atom is -0.437 e. The second-order valence-electron chi connectivity index (χ2n) is 4.16. The maximum Gasteiger partial charge on any atom is 0.238 e. The summed E-state index contributed by atoms with van der Waals surface area (Å²) in [5, 5.41) is 11.2. The number of hydrogen-bond donors (Lipinski definition) is 1. The van der Waals surface area contributed by atoms with Gasteiger partial charge in [-0.3, -0.25) is 0 Å². The van der Waals surface area contributed by atoms with Gasteiger partial charge < -0.3 is 10.1 Å². The van der Waals surface area contributed by atoms with Gasteiger partial charge in [0.25, 0.3) is 0 Å². The van der Waals surface area contributed by atoms with Crippen molar-refractivity contribution in [1.82, 2.24) is 15.5 Å². The maximum absolute atomic E-state index is 13.0. The number of aromatic nitrogens is 2. The van der Waals surface area contributed by atoms with Crippen LogP contribution in [0.15, 0.2) is 30.3 Å². The van der Waals surface area contributed by atoms with Crippen molar-refractivity contribution in [3.63, 3.8) is 0 Å². The third-order valence-electron chi connectivity index (χ3n) is 2.60. The van der Waals surface area contributed by atoms with Gasteiger partial charge in [0.1, 0.15) is 11.6 Å². The van der Waals surface area contributed by atoms with Crippen LogP contribution < -0.4 is 10.1 Å². The fourth-order valence-electron chi connectivity index (χ4n) is 1.59. The van der Waals surface area contributed by atoms with E-state index in [1.54, 1.807) is 19.1 Å². The van der Waals surface area contributed by atoms with Crippen LogP contribution in [0.3, 0.4) is 0 Å². The lowest BCUT2D eigenvalue weighted by molar-refractivity contribution is 0.448. The first kappa shape index (κ1) is 13.4. The average Bonchev–Trinajstić information content (AvgIpc) is 2.41. The standard InChI is InChI=1S/C14H16FN3O/c1-3-16-9-12-5-7-14(18-17-12)19-13-6-4-11(15)8-10(13)2/h4-8,16H,3,9H2,1-2H3. The molecular weight excluding hydrogens is 245 g/mol. The first-order chi connectivity index (χ1) is 9.19. The van der Waals surface area contributed by atoms with E-state index in [0.717, 1.165) is 17.8 Å². The lowest BCUT2D eigenvalue weighted by atomic mass is 10.2. The fraction of sp³-hybridized carbons (Fsp3) is 0.286. The van der Waals surface area contributed by atoms with Crippen LogP contribution in [0.1, 0.15) is 18.2 Å². The van der Waals surface area contributed by atoms with Gasteiger partial charge in [0.2, 0.25) is 5.88 Å². The van der Waals surface area contributed by atoms with Gasteiger partial charge in [0.05, 0.1) is 5.69 Å². The van der Waals surface area contributed by atoms with Gasteiger partial charge in [-0.15, -0.1) is 5.10 Å². The zero-order valence-corrected chi connectivity index (χ0v) is 11.0. The molecule has 0 aliphatic rings. The molecule has 1 heterocycles. The second-order valence-corrected chi connectivity index (χ2v) is 4.16. The van der Waals surface area contributed by atoms with Crippen LogP contribution >= 0.6 is 0 Å². The lowest BCUT2D eigenvalue weighted by Crippen LogP contribution is -2.13. The molecule has 1 aromatic heterocycles. The van der Waals surface area contributed by atoms with Crippen molar-refractivity contribution in [3.05, 3.63) is 47.4 Å². The highest BCUT2D eigenvalue weighted by Gasteiger charge is 2.04. The molecular formula is C14H16FN3O. The van der Waals surface area contributed by atoms with E-state index in [2.05, 4.69) is 15.5 Å². The summed E-state index contributed by atoms with van der Waals surface area (Å²) in [6.07, 6.45) is 0. The molecule has 0 fully saturated rings. The van der Waals surface area contributed by atoms with E-state index < -0.39 is 0 Å². The Morgan fingerprint density at radius 1 is 1.21 bits per heavy atom. The molecule has 0 saturated carbocycles. The molecule has 19 heavy (non-hydrogen) atoms. The molecule has 0 unspecified atom stereocenters. The first-order valence-corrected chi connectivity index (χ1v) is 6.16. The van der Waals surface area contributed by atoms with E-state index in [4.69, 9.17) is 4.74 Å². The highest BCUT2D eigenvalue weighted by molar-refractivity contribution is 5.35. The van der Waals surface area contributed by atoms with Gasteiger partial charge in [0.15, 0.2) is 0 Å². The molecule has 1 aromatic carbocycles. The summed E-state index contributed by atoms with van der Waals surface area (Å²) in [5.74, 6) is 0.696. The Labute approximate surface area is 111 Å². The van der Waals surface area contributed by atoms with E-state index in [9.17, 15) is 4.39 Å². The SMILES string of the molecule is CCNCc1ccc(Oc2ccc(F)cc2C)nn1. The summed E-state index contributed by atoms with van der Waals surface area (Å²) in [5.41, 5.74) is 1.57. The third-order valence-corrected chi connectivity index (χ3v) is 2.60. The molecule has 0 spiro atoms. The predicted octanol–water partition coefficient (Wildman–Crippen LogP) is 2.83. The van der Waals surface area contributed by atoms with Gasteiger partial charge in [-0.1, -0.05) is 6.92 Å². The summed E-state index contributed by atoms with van der Waals surface area (Å²) in [6, 6.07) is 7.96. The molecule has 0 saturated heterocycles. The molecule has 0 aliphatic heterocycles. The number of halogens is 1. The van der Waals surface area contributed by atoms with Gasteiger partial charge in [-0.05, 0) is 43.3 Å². The maximum atomic E-state index is 13.0. The number of aryl methyl sites for hydroxylation is 1. The highest BCUT2D eigenvalue weighted by Crippen LogP contribution is 2.23. The monoisotopic (exact) mass is 261 g/mol. The Morgan fingerprint density at radius 2 is 2.05 bits per heavy atom. The Kier molecular flexibility index (Phi) is 4.41. The minimum atomic E-state index is -0.281. The number of rotatable bonds is 5. The molecule has 4 nitrogen and oxygen atoms in total. The summed E-state index contributed by atoms with van der Waals surface area (Å²) in [4.78, 5) is 0. The van der Waals surface area contributed by atoms with Crippen LogP contribution in [0.25, 0.3) is 0 Å². The molecule has 0 bridgehead atoms. The number of nitrogens with zero attached hydrogens (tertiary/aromatic N) is 2. The van der Waals surface area contributed by atoms with Gasteiger partial charge in [0, 0.05) is 12.6 Å². The fourth-order valence-corrected chi connectivity index (χ4v) is 1.59. The minimum absolute atomic E-state index is 0.281. The van der Waals surface area contributed by atoms with Crippen molar-refractivity contribution >= 4 is 0 Å². The van der Waals surface area contributed by atoms with Crippen LogP contribution in [-0.2, 0) is 6.54 Å². The van der Waals surface area contributed by atoms with Crippen molar-refractivity contribution in [1.29, 1.82) is 0 Å². The number of ether oxygens (including phenoxy) is 1. The highest BCUT2D eigenvalue weighted by atomic mass is 19.1. The topological polar surface area (TPSA) is 47.0 Å². The van der Waals surface area contributed by atoms with E-state index in [1.807, 2.05) is 13.0 Å². The van der Waals surface area contributed by atoms with Gasteiger partial charge in [-0.2, -0.15) is 5.10 Å². The molecule has 1 N–H and O–H groups in total. The zero-order chi connectivity index (χ0) is 13.7.